The monoisotopic (exact) mass is 422 g/mol. The molecule has 156 valence electrons. The van der Waals surface area contributed by atoms with Crippen LogP contribution in [0.15, 0.2) is 17.5 Å². The van der Waals surface area contributed by atoms with E-state index in [1.54, 1.807) is 0 Å². The highest BCUT2D eigenvalue weighted by atomic mass is 35.5. The van der Waals surface area contributed by atoms with Gasteiger partial charge < -0.3 is 5.32 Å². The van der Waals surface area contributed by atoms with E-state index in [0.717, 1.165) is 62.6 Å². The van der Waals surface area contributed by atoms with Crippen molar-refractivity contribution in [3.63, 3.8) is 0 Å². The maximum Gasteiger partial charge on any atom is 0.226 e. The summed E-state index contributed by atoms with van der Waals surface area (Å²) in [6.07, 6.45) is 10.2. The zero-order valence-electron chi connectivity index (χ0n) is 17.1. The van der Waals surface area contributed by atoms with Crippen molar-refractivity contribution in [2.45, 2.75) is 64.3 Å². The van der Waals surface area contributed by atoms with Crippen LogP contribution in [0.2, 0.25) is 0 Å². The van der Waals surface area contributed by atoms with Gasteiger partial charge in [0.1, 0.15) is 0 Å². The highest BCUT2D eigenvalue weighted by Crippen LogP contribution is 2.60. The number of carbonyl (C=O) groups excluding carboxylic acids is 1. The minimum Gasteiger partial charge on any atom is -0.354 e. The summed E-state index contributed by atoms with van der Waals surface area (Å²) in [4.78, 5) is 17.4. The van der Waals surface area contributed by atoms with Crippen molar-refractivity contribution in [3.05, 3.63) is 22.4 Å². The highest BCUT2D eigenvalue weighted by Gasteiger charge is 2.54. The normalized spacial score (nSPS) is 36.1. The van der Waals surface area contributed by atoms with Crippen molar-refractivity contribution in [3.8, 4) is 0 Å². The molecule has 5 fully saturated rings. The Bertz CT molecular complexity index is 633. The van der Waals surface area contributed by atoms with E-state index in [9.17, 15) is 4.79 Å². The van der Waals surface area contributed by atoms with Gasteiger partial charge in [0.25, 0.3) is 0 Å². The molecule has 0 spiro atoms. The number of nitrogens with one attached hydrogen (secondary N) is 1. The number of thiophene rings is 1. The molecule has 0 radical (unpaired) electrons. The van der Waals surface area contributed by atoms with Gasteiger partial charge in [-0.15, -0.1) is 23.7 Å². The number of halogens is 1. The highest BCUT2D eigenvalue weighted by molar-refractivity contribution is 7.10. The van der Waals surface area contributed by atoms with Gasteiger partial charge in [-0.3, -0.25) is 9.69 Å². The Kier molecular flexibility index (Phi) is 6.11. The Morgan fingerprint density at radius 1 is 1.18 bits per heavy atom. The Balaban J connectivity index is 0.00000192. The second-order valence-corrected chi connectivity index (χ2v) is 11.1. The second-order valence-electron chi connectivity index (χ2n) is 10.2. The molecule has 1 aromatic rings. The van der Waals surface area contributed by atoms with Crippen LogP contribution < -0.4 is 5.32 Å². The maximum absolute atomic E-state index is 13.4. The maximum atomic E-state index is 13.4. The fourth-order valence-corrected chi connectivity index (χ4v) is 7.86. The molecule has 5 aliphatic rings. The average Bonchev–Trinajstić information content (AvgIpc) is 3.16. The number of hydrogen-bond acceptors (Lipinski definition) is 3. The Labute approximate surface area is 180 Å². The third kappa shape index (κ3) is 3.89. The number of hydrogen-bond donors (Lipinski definition) is 1. The van der Waals surface area contributed by atoms with E-state index in [0.29, 0.717) is 11.9 Å². The molecule has 1 N–H and O–H groups in total. The Morgan fingerprint density at radius 2 is 1.79 bits per heavy atom. The molecule has 1 aromatic heterocycles. The van der Waals surface area contributed by atoms with Gasteiger partial charge in [-0.1, -0.05) is 13.0 Å². The van der Waals surface area contributed by atoms with E-state index in [1.807, 2.05) is 11.3 Å². The number of amides is 1. The Morgan fingerprint density at radius 3 is 2.32 bits per heavy atom. The lowest BCUT2D eigenvalue weighted by Gasteiger charge is -2.55. The van der Waals surface area contributed by atoms with Crippen molar-refractivity contribution >= 4 is 29.7 Å². The predicted molar refractivity (Wildman–Crippen MR) is 118 cm³/mol. The molecule has 4 saturated carbocycles. The summed E-state index contributed by atoms with van der Waals surface area (Å²) in [7, 11) is 0. The van der Waals surface area contributed by atoms with Crippen LogP contribution in [0.25, 0.3) is 0 Å². The average molecular weight is 423 g/mol. The van der Waals surface area contributed by atoms with Crippen molar-refractivity contribution in [1.82, 2.24) is 10.2 Å². The third-order valence-corrected chi connectivity index (χ3v) is 9.08. The Hall–Kier alpha value is -0.580. The molecule has 4 aliphatic carbocycles. The largest absolute Gasteiger partial charge is 0.354 e. The van der Waals surface area contributed by atoms with Gasteiger partial charge in [0.15, 0.2) is 0 Å². The van der Waals surface area contributed by atoms with Crippen LogP contribution in [0.1, 0.15) is 69.2 Å². The molecular weight excluding hydrogens is 388 g/mol. The third-order valence-electron chi connectivity index (χ3n) is 8.11. The van der Waals surface area contributed by atoms with E-state index in [4.69, 9.17) is 0 Å². The second kappa shape index (κ2) is 8.28. The molecule has 1 unspecified atom stereocenters. The van der Waals surface area contributed by atoms with E-state index in [1.165, 1.54) is 37.0 Å². The van der Waals surface area contributed by atoms with E-state index in [-0.39, 0.29) is 17.8 Å². The number of piperidine rings is 1. The summed E-state index contributed by atoms with van der Waals surface area (Å²) >= 11 is 1.84. The van der Waals surface area contributed by atoms with Crippen LogP contribution in [-0.4, -0.2) is 30.4 Å². The van der Waals surface area contributed by atoms with Crippen LogP contribution in [0.5, 0.6) is 0 Å². The lowest BCUT2D eigenvalue weighted by atomic mass is 9.49. The van der Waals surface area contributed by atoms with Gasteiger partial charge in [0, 0.05) is 16.8 Å². The summed E-state index contributed by atoms with van der Waals surface area (Å²) in [5.41, 5.74) is -0.0227. The summed E-state index contributed by atoms with van der Waals surface area (Å²) in [6, 6.07) is 4.76. The lowest BCUT2D eigenvalue weighted by molar-refractivity contribution is -0.146. The van der Waals surface area contributed by atoms with Crippen LogP contribution in [0, 0.1) is 29.1 Å². The number of carbonyl (C=O) groups is 1. The standard InChI is InChI=1S/C23H34N2OS.ClH/c1-16-4-6-25(7-5-16)20(21-3-2-8-27-21)15-24-22(26)23-12-17-9-18(13-23)11-19(10-17)14-23;/h2-3,8,16-20H,4-7,9-15H2,1H3,(H,24,26);1H. The molecule has 1 saturated heterocycles. The van der Waals surface area contributed by atoms with E-state index in [2.05, 4.69) is 34.7 Å². The number of likely N-dealkylation sites (tertiary alicyclic amines) is 1. The zero-order valence-corrected chi connectivity index (χ0v) is 18.7. The molecule has 4 bridgehead atoms. The molecule has 1 atom stereocenters. The number of nitrogens with zero attached hydrogens (tertiary/aromatic N) is 1. The van der Waals surface area contributed by atoms with E-state index >= 15 is 0 Å². The van der Waals surface area contributed by atoms with Crippen molar-refractivity contribution in [2.75, 3.05) is 19.6 Å². The molecule has 28 heavy (non-hydrogen) atoms. The summed E-state index contributed by atoms with van der Waals surface area (Å²) < 4.78 is 0. The first-order valence-electron chi connectivity index (χ1n) is 11.2. The summed E-state index contributed by atoms with van der Waals surface area (Å²) in [6.45, 7) is 5.48. The first-order chi connectivity index (χ1) is 13.1. The molecule has 0 aromatic carbocycles. The van der Waals surface area contributed by atoms with Crippen LogP contribution in [-0.2, 0) is 4.79 Å². The molecule has 1 amide bonds. The van der Waals surface area contributed by atoms with Gasteiger partial charge >= 0.3 is 0 Å². The van der Waals surface area contributed by atoms with Gasteiger partial charge in [-0.2, -0.15) is 0 Å². The molecule has 5 heteroatoms. The summed E-state index contributed by atoms with van der Waals surface area (Å²) in [5.74, 6) is 3.72. The van der Waals surface area contributed by atoms with Crippen molar-refractivity contribution < 1.29 is 4.79 Å². The summed E-state index contributed by atoms with van der Waals surface area (Å²) in [5, 5.41) is 5.64. The quantitative estimate of drug-likeness (QED) is 0.700. The fourth-order valence-electron chi connectivity index (χ4n) is 7.00. The van der Waals surface area contributed by atoms with Gasteiger partial charge in [-0.05, 0) is 99.6 Å². The predicted octanol–water partition coefficient (Wildman–Crippen LogP) is 5.28. The zero-order chi connectivity index (χ0) is 18.4. The smallest absolute Gasteiger partial charge is 0.226 e. The molecule has 1 aliphatic heterocycles. The molecule has 6 rings (SSSR count). The molecule has 2 heterocycles. The number of rotatable bonds is 5. The van der Waals surface area contributed by atoms with Crippen molar-refractivity contribution in [2.24, 2.45) is 29.1 Å². The first kappa shape index (κ1) is 20.7. The van der Waals surface area contributed by atoms with Gasteiger partial charge in [0.2, 0.25) is 5.91 Å². The minimum atomic E-state index is -0.0227. The van der Waals surface area contributed by atoms with E-state index < -0.39 is 0 Å². The SMILES string of the molecule is CC1CCN(C(CNC(=O)C23CC4CC(CC(C4)C2)C3)c2cccs2)CC1.Cl. The topological polar surface area (TPSA) is 32.3 Å². The van der Waals surface area contributed by atoms with Crippen LogP contribution >= 0.6 is 23.7 Å². The molecular formula is C23H35ClN2OS. The fraction of sp³-hybridized carbons (Fsp3) is 0.783. The van der Waals surface area contributed by atoms with Crippen LogP contribution in [0.3, 0.4) is 0 Å². The molecule has 3 nitrogen and oxygen atoms in total. The van der Waals surface area contributed by atoms with Gasteiger partial charge in [0.05, 0.1) is 6.04 Å². The van der Waals surface area contributed by atoms with Crippen LogP contribution in [0.4, 0.5) is 0 Å². The first-order valence-corrected chi connectivity index (χ1v) is 12.0. The minimum absolute atomic E-state index is 0. The van der Waals surface area contributed by atoms with Gasteiger partial charge in [-0.25, -0.2) is 0 Å². The lowest BCUT2D eigenvalue weighted by Crippen LogP contribution is -2.54. The van der Waals surface area contributed by atoms with Crippen molar-refractivity contribution in [1.29, 1.82) is 0 Å².